The molecule has 0 aromatic carbocycles. The van der Waals surface area contributed by atoms with Crippen LogP contribution in [0.2, 0.25) is 0 Å². The van der Waals surface area contributed by atoms with Gasteiger partial charge in [-0.3, -0.25) is 0 Å². The number of hydrogen-bond donors (Lipinski definition) is 1. The number of anilines is 1. The molecule has 4 nitrogen and oxygen atoms in total. The first-order valence-corrected chi connectivity index (χ1v) is 6.44. The lowest BCUT2D eigenvalue weighted by molar-refractivity contribution is 0.281. The molecule has 1 aromatic rings. The van der Waals surface area contributed by atoms with Crippen LogP contribution in [0.25, 0.3) is 0 Å². The summed E-state index contributed by atoms with van der Waals surface area (Å²) >= 11 is 3.25. The van der Waals surface area contributed by atoms with Crippen molar-refractivity contribution < 1.29 is 4.74 Å². The molecule has 0 atom stereocenters. The minimum atomic E-state index is 0.349. The molecule has 1 rings (SSSR count). The predicted molar refractivity (Wildman–Crippen MR) is 68.4 cm³/mol. The van der Waals surface area contributed by atoms with Gasteiger partial charge in [0.2, 0.25) is 0 Å². The average molecular weight is 288 g/mol. The summed E-state index contributed by atoms with van der Waals surface area (Å²) < 4.78 is 6.07. The van der Waals surface area contributed by atoms with Gasteiger partial charge in [0.1, 0.15) is 10.4 Å². The number of hydrogen-bond acceptors (Lipinski definition) is 4. The van der Waals surface area contributed by atoms with Crippen LogP contribution in [0.5, 0.6) is 6.01 Å². The Balaban J connectivity index is 2.21. The molecule has 0 fully saturated rings. The van der Waals surface area contributed by atoms with Gasteiger partial charge in [0.05, 0.1) is 6.61 Å². The van der Waals surface area contributed by atoms with Crippen LogP contribution in [0, 0.1) is 0 Å². The molecule has 0 saturated heterocycles. The monoisotopic (exact) mass is 287 g/mol. The largest absolute Gasteiger partial charge is 0.463 e. The van der Waals surface area contributed by atoms with Crippen molar-refractivity contribution in [3.63, 3.8) is 0 Å². The highest BCUT2D eigenvalue weighted by Gasteiger charge is 2.01. The number of aromatic nitrogens is 2. The van der Waals surface area contributed by atoms with E-state index in [1.165, 1.54) is 25.7 Å². The highest BCUT2D eigenvalue weighted by molar-refractivity contribution is 9.10. The van der Waals surface area contributed by atoms with Crippen molar-refractivity contribution in [2.75, 3.05) is 12.3 Å². The SMILES string of the molecule is CCCCCCCOc1nc(N)cc(Br)n1. The fourth-order valence-electron chi connectivity index (χ4n) is 1.35. The lowest BCUT2D eigenvalue weighted by atomic mass is 10.2. The second kappa shape index (κ2) is 7.44. The fraction of sp³-hybridized carbons (Fsp3) is 0.636. The van der Waals surface area contributed by atoms with E-state index in [1.807, 2.05) is 0 Å². The maximum absolute atomic E-state index is 5.57. The standard InChI is InChI=1S/C11H18BrN3O/c1-2-3-4-5-6-7-16-11-14-9(12)8-10(13)15-11/h8H,2-7H2,1H3,(H2,13,14,15). The highest BCUT2D eigenvalue weighted by atomic mass is 79.9. The summed E-state index contributed by atoms with van der Waals surface area (Å²) in [5.41, 5.74) is 5.57. The first-order valence-electron chi connectivity index (χ1n) is 5.65. The number of nitrogens with two attached hydrogens (primary N) is 1. The van der Waals surface area contributed by atoms with Crippen LogP contribution in [0.3, 0.4) is 0 Å². The van der Waals surface area contributed by atoms with Crippen molar-refractivity contribution in [1.82, 2.24) is 9.97 Å². The molecular weight excluding hydrogens is 270 g/mol. The van der Waals surface area contributed by atoms with Gasteiger partial charge in [0.15, 0.2) is 0 Å². The summed E-state index contributed by atoms with van der Waals surface area (Å²) in [6.45, 7) is 2.86. The lowest BCUT2D eigenvalue weighted by Gasteiger charge is -2.05. The number of unbranched alkanes of at least 4 members (excludes halogenated alkanes) is 4. The first-order chi connectivity index (χ1) is 7.72. The van der Waals surface area contributed by atoms with Gasteiger partial charge < -0.3 is 10.5 Å². The maximum Gasteiger partial charge on any atom is 0.319 e. The third kappa shape index (κ3) is 5.30. The van der Waals surface area contributed by atoms with Gasteiger partial charge in [0, 0.05) is 6.07 Å². The van der Waals surface area contributed by atoms with Crippen LogP contribution in [-0.2, 0) is 0 Å². The number of halogens is 1. The Kier molecular flexibility index (Phi) is 6.15. The molecule has 0 aliphatic rings. The minimum absolute atomic E-state index is 0.349. The molecule has 1 heterocycles. The Hall–Kier alpha value is -0.840. The second-order valence-electron chi connectivity index (χ2n) is 3.66. The smallest absolute Gasteiger partial charge is 0.319 e. The summed E-state index contributed by atoms with van der Waals surface area (Å²) in [5, 5.41) is 0. The molecule has 5 heteroatoms. The Morgan fingerprint density at radius 2 is 2.00 bits per heavy atom. The molecule has 0 spiro atoms. The van der Waals surface area contributed by atoms with Crippen LogP contribution in [0.15, 0.2) is 10.7 Å². The van der Waals surface area contributed by atoms with Gasteiger partial charge >= 0.3 is 6.01 Å². The molecule has 0 radical (unpaired) electrons. The quantitative estimate of drug-likeness (QED) is 0.618. The van der Waals surface area contributed by atoms with Gasteiger partial charge in [-0.05, 0) is 22.4 Å². The van der Waals surface area contributed by atoms with Crippen LogP contribution < -0.4 is 10.5 Å². The van der Waals surface area contributed by atoms with Crippen molar-refractivity contribution in [3.05, 3.63) is 10.7 Å². The summed E-state index contributed by atoms with van der Waals surface area (Å²) in [6, 6.07) is 2.00. The molecule has 2 N–H and O–H groups in total. The molecule has 16 heavy (non-hydrogen) atoms. The van der Waals surface area contributed by atoms with E-state index in [-0.39, 0.29) is 0 Å². The Labute approximate surface area is 105 Å². The average Bonchev–Trinajstić information content (AvgIpc) is 2.22. The minimum Gasteiger partial charge on any atom is -0.463 e. The van der Waals surface area contributed by atoms with Gasteiger partial charge in [0.25, 0.3) is 0 Å². The summed E-state index contributed by atoms with van der Waals surface area (Å²) in [4.78, 5) is 8.05. The lowest BCUT2D eigenvalue weighted by Crippen LogP contribution is -2.03. The highest BCUT2D eigenvalue weighted by Crippen LogP contribution is 2.14. The van der Waals surface area contributed by atoms with E-state index in [9.17, 15) is 0 Å². The zero-order valence-corrected chi connectivity index (χ0v) is 11.2. The van der Waals surface area contributed by atoms with E-state index in [2.05, 4.69) is 32.8 Å². The molecule has 90 valence electrons. The molecule has 0 amide bonds. The van der Waals surface area contributed by atoms with E-state index in [1.54, 1.807) is 6.07 Å². The van der Waals surface area contributed by atoms with Crippen LogP contribution in [0.4, 0.5) is 5.82 Å². The van der Waals surface area contributed by atoms with Crippen LogP contribution in [-0.4, -0.2) is 16.6 Å². The van der Waals surface area contributed by atoms with Gasteiger partial charge in [-0.15, -0.1) is 0 Å². The van der Waals surface area contributed by atoms with Gasteiger partial charge in [-0.2, -0.15) is 9.97 Å². The van der Waals surface area contributed by atoms with Crippen LogP contribution >= 0.6 is 15.9 Å². The van der Waals surface area contributed by atoms with Crippen molar-refractivity contribution in [3.8, 4) is 6.01 Å². The zero-order valence-electron chi connectivity index (χ0n) is 9.58. The molecule has 1 aromatic heterocycles. The topological polar surface area (TPSA) is 61.0 Å². The maximum atomic E-state index is 5.57. The van der Waals surface area contributed by atoms with Crippen molar-refractivity contribution in [2.45, 2.75) is 39.0 Å². The first kappa shape index (κ1) is 13.2. The number of nitrogens with zero attached hydrogens (tertiary/aromatic N) is 2. The van der Waals surface area contributed by atoms with E-state index < -0.39 is 0 Å². The molecule has 0 aliphatic carbocycles. The third-order valence-corrected chi connectivity index (χ3v) is 2.58. The molecule has 0 aliphatic heterocycles. The number of nitrogen functional groups attached to an aromatic ring is 1. The Bertz CT molecular complexity index is 300. The van der Waals surface area contributed by atoms with Crippen molar-refractivity contribution in [1.29, 1.82) is 0 Å². The second-order valence-corrected chi connectivity index (χ2v) is 4.47. The summed E-state index contributed by atoms with van der Waals surface area (Å²) in [6.07, 6.45) is 6.04. The molecule has 0 unspecified atom stereocenters. The normalized spacial score (nSPS) is 10.4. The Morgan fingerprint density at radius 3 is 2.69 bits per heavy atom. The number of ether oxygens (including phenoxy) is 1. The molecule has 0 bridgehead atoms. The van der Waals surface area contributed by atoms with Gasteiger partial charge in [-0.1, -0.05) is 32.6 Å². The third-order valence-electron chi connectivity index (χ3n) is 2.17. The summed E-state index contributed by atoms with van der Waals surface area (Å²) in [5.74, 6) is 0.419. The van der Waals surface area contributed by atoms with E-state index in [4.69, 9.17) is 10.5 Å². The van der Waals surface area contributed by atoms with Crippen LogP contribution in [0.1, 0.15) is 39.0 Å². The van der Waals surface area contributed by atoms with E-state index in [0.29, 0.717) is 23.0 Å². The van der Waals surface area contributed by atoms with E-state index in [0.717, 1.165) is 6.42 Å². The van der Waals surface area contributed by atoms with Gasteiger partial charge in [-0.25, -0.2) is 0 Å². The predicted octanol–water partition coefficient (Wildman–Crippen LogP) is 3.17. The van der Waals surface area contributed by atoms with E-state index >= 15 is 0 Å². The molecule has 0 saturated carbocycles. The molecular formula is C11H18BrN3O. The summed E-state index contributed by atoms with van der Waals surface area (Å²) in [7, 11) is 0. The van der Waals surface area contributed by atoms with Crippen molar-refractivity contribution in [2.24, 2.45) is 0 Å². The fourth-order valence-corrected chi connectivity index (χ4v) is 1.73. The van der Waals surface area contributed by atoms with Crippen molar-refractivity contribution >= 4 is 21.7 Å². The zero-order chi connectivity index (χ0) is 11.8. The number of rotatable bonds is 7. The Morgan fingerprint density at radius 1 is 1.25 bits per heavy atom.